The third-order valence-electron chi connectivity index (χ3n) is 3.17. The molecular weight excluding hydrogens is 296 g/mol. The summed E-state index contributed by atoms with van der Waals surface area (Å²) in [5, 5.41) is 3.90. The molecule has 3 rings (SSSR count). The van der Waals surface area contributed by atoms with Crippen LogP contribution in [0.1, 0.15) is 27.6 Å². The van der Waals surface area contributed by atoms with Gasteiger partial charge in [0.15, 0.2) is 12.3 Å². The minimum absolute atomic E-state index is 0.118. The minimum atomic E-state index is -0.590. The van der Waals surface area contributed by atoms with Gasteiger partial charge in [0.05, 0.1) is 11.9 Å². The Morgan fingerprint density at radius 2 is 2.00 bits per heavy atom. The Balaban J connectivity index is 1.67. The maximum atomic E-state index is 11.8. The van der Waals surface area contributed by atoms with Crippen LogP contribution in [0.5, 0.6) is 0 Å². The highest BCUT2D eigenvalue weighted by Crippen LogP contribution is 2.19. The van der Waals surface area contributed by atoms with Gasteiger partial charge in [-0.15, -0.1) is 0 Å². The average Bonchev–Trinajstić information content (AvgIpc) is 3.02. The molecule has 0 saturated carbocycles. The Kier molecular flexibility index (Phi) is 4.09. The van der Waals surface area contributed by atoms with Crippen LogP contribution in [0.4, 0.5) is 0 Å². The van der Waals surface area contributed by atoms with Gasteiger partial charge in [-0.05, 0) is 19.4 Å². The van der Waals surface area contributed by atoms with Gasteiger partial charge in [0, 0.05) is 11.8 Å². The van der Waals surface area contributed by atoms with E-state index in [1.165, 1.54) is 12.4 Å². The van der Waals surface area contributed by atoms with E-state index in [2.05, 4.69) is 20.1 Å². The highest BCUT2D eigenvalue weighted by atomic mass is 16.6. The quantitative estimate of drug-likeness (QED) is 0.684. The first kappa shape index (κ1) is 14.8. The van der Waals surface area contributed by atoms with E-state index in [1.807, 2.05) is 31.2 Å². The number of rotatable bonds is 4. The van der Waals surface area contributed by atoms with Crippen LogP contribution in [0.3, 0.4) is 0 Å². The van der Waals surface area contributed by atoms with Crippen molar-refractivity contribution in [1.29, 1.82) is 0 Å². The number of aromatic nitrogens is 4. The molecule has 0 amide bonds. The fourth-order valence-electron chi connectivity index (χ4n) is 1.95. The number of nitrogens with zero attached hydrogens (tertiary/aromatic N) is 4. The normalized spacial score (nSPS) is 10.5. The first-order chi connectivity index (χ1) is 11.1. The molecule has 0 atom stereocenters. The summed E-state index contributed by atoms with van der Waals surface area (Å²) in [7, 11) is 0. The Labute approximate surface area is 132 Å². The Bertz CT molecular complexity index is 827. The smallest absolute Gasteiger partial charge is 0.359 e. The van der Waals surface area contributed by atoms with E-state index in [1.54, 1.807) is 6.92 Å². The van der Waals surface area contributed by atoms with E-state index >= 15 is 0 Å². The molecule has 0 aliphatic heterocycles. The molecule has 2 aromatic heterocycles. The van der Waals surface area contributed by atoms with Crippen molar-refractivity contribution in [3.8, 4) is 11.4 Å². The van der Waals surface area contributed by atoms with Gasteiger partial charge in [0.25, 0.3) is 5.89 Å². The fraction of sp³-hybridized carbons (Fsp3) is 0.188. The number of hydrogen-bond acceptors (Lipinski definition) is 7. The van der Waals surface area contributed by atoms with Crippen LogP contribution in [0, 0.1) is 13.8 Å². The SMILES string of the molecule is Cc1cnc(C(=O)OCc2nc(-c3ccccc3C)no2)cn1. The standard InChI is InChI=1S/C16H14N4O3/c1-10-5-3-4-6-12(10)15-19-14(23-20-15)9-22-16(21)13-8-17-11(2)7-18-13/h3-8H,9H2,1-2H3. The van der Waals surface area contributed by atoms with Gasteiger partial charge in [-0.1, -0.05) is 29.4 Å². The molecule has 0 fully saturated rings. The zero-order valence-corrected chi connectivity index (χ0v) is 12.7. The van der Waals surface area contributed by atoms with Gasteiger partial charge in [-0.25, -0.2) is 9.78 Å². The summed E-state index contributed by atoms with van der Waals surface area (Å²) in [6.45, 7) is 3.63. The van der Waals surface area contributed by atoms with E-state index in [9.17, 15) is 4.79 Å². The zero-order valence-electron chi connectivity index (χ0n) is 12.7. The number of ether oxygens (including phenoxy) is 1. The van der Waals surface area contributed by atoms with Crippen LogP contribution in [0.2, 0.25) is 0 Å². The molecule has 0 aliphatic carbocycles. The van der Waals surface area contributed by atoms with Crippen LogP contribution in [0.15, 0.2) is 41.2 Å². The number of carbonyl (C=O) groups is 1. The molecule has 2 heterocycles. The summed E-state index contributed by atoms with van der Waals surface area (Å²) < 4.78 is 10.2. The summed E-state index contributed by atoms with van der Waals surface area (Å²) in [6, 6.07) is 7.69. The van der Waals surface area contributed by atoms with Crippen molar-refractivity contribution in [2.45, 2.75) is 20.5 Å². The summed E-state index contributed by atoms with van der Waals surface area (Å²) in [5.41, 5.74) is 2.76. The van der Waals surface area contributed by atoms with Crippen molar-refractivity contribution in [3.05, 3.63) is 59.5 Å². The van der Waals surface area contributed by atoms with Crippen molar-refractivity contribution < 1.29 is 14.1 Å². The monoisotopic (exact) mass is 310 g/mol. The summed E-state index contributed by atoms with van der Waals surface area (Å²) in [5.74, 6) is 0.0918. The van der Waals surface area contributed by atoms with Crippen LogP contribution in [-0.4, -0.2) is 26.1 Å². The molecule has 0 radical (unpaired) electrons. The minimum Gasteiger partial charge on any atom is -0.451 e. The molecule has 0 saturated heterocycles. The molecule has 7 heteroatoms. The molecule has 116 valence electrons. The van der Waals surface area contributed by atoms with Crippen molar-refractivity contribution in [1.82, 2.24) is 20.1 Å². The second kappa shape index (κ2) is 6.35. The lowest BCUT2D eigenvalue weighted by Gasteiger charge is -2.00. The molecule has 0 spiro atoms. The maximum Gasteiger partial charge on any atom is 0.359 e. The van der Waals surface area contributed by atoms with Crippen molar-refractivity contribution >= 4 is 5.97 Å². The van der Waals surface area contributed by atoms with Gasteiger partial charge >= 0.3 is 5.97 Å². The zero-order chi connectivity index (χ0) is 16.2. The van der Waals surface area contributed by atoms with E-state index in [0.717, 1.165) is 16.8 Å². The van der Waals surface area contributed by atoms with Gasteiger partial charge in [0.2, 0.25) is 5.82 Å². The van der Waals surface area contributed by atoms with Gasteiger partial charge in [-0.2, -0.15) is 4.98 Å². The summed E-state index contributed by atoms with van der Waals surface area (Å²) >= 11 is 0. The fourth-order valence-corrected chi connectivity index (χ4v) is 1.95. The first-order valence-electron chi connectivity index (χ1n) is 6.98. The third-order valence-corrected chi connectivity index (χ3v) is 3.17. The number of esters is 1. The van der Waals surface area contributed by atoms with E-state index in [0.29, 0.717) is 5.82 Å². The predicted molar refractivity (Wildman–Crippen MR) is 80.4 cm³/mol. The highest BCUT2D eigenvalue weighted by Gasteiger charge is 2.14. The lowest BCUT2D eigenvalue weighted by Crippen LogP contribution is -2.08. The molecule has 7 nitrogen and oxygen atoms in total. The van der Waals surface area contributed by atoms with E-state index in [-0.39, 0.29) is 18.2 Å². The molecular formula is C16H14N4O3. The number of hydrogen-bond donors (Lipinski definition) is 0. The summed E-state index contributed by atoms with van der Waals surface area (Å²) in [6.07, 6.45) is 2.86. The van der Waals surface area contributed by atoms with Crippen LogP contribution < -0.4 is 0 Å². The van der Waals surface area contributed by atoms with Gasteiger partial charge in [-0.3, -0.25) is 4.98 Å². The van der Waals surface area contributed by atoms with Gasteiger partial charge < -0.3 is 9.26 Å². The Morgan fingerprint density at radius 3 is 2.74 bits per heavy atom. The molecule has 3 aromatic rings. The topological polar surface area (TPSA) is 91.0 Å². The largest absolute Gasteiger partial charge is 0.451 e. The predicted octanol–water partition coefficient (Wildman–Crippen LogP) is 2.50. The third kappa shape index (κ3) is 3.39. The van der Waals surface area contributed by atoms with Crippen molar-refractivity contribution in [2.75, 3.05) is 0 Å². The Morgan fingerprint density at radius 1 is 1.17 bits per heavy atom. The molecule has 0 N–H and O–H groups in total. The van der Waals surface area contributed by atoms with Crippen LogP contribution in [0.25, 0.3) is 11.4 Å². The lowest BCUT2D eigenvalue weighted by atomic mass is 10.1. The molecule has 0 unspecified atom stereocenters. The van der Waals surface area contributed by atoms with Crippen LogP contribution >= 0.6 is 0 Å². The van der Waals surface area contributed by atoms with Crippen molar-refractivity contribution in [3.63, 3.8) is 0 Å². The summed E-state index contributed by atoms with van der Waals surface area (Å²) in [4.78, 5) is 24.0. The van der Waals surface area contributed by atoms with E-state index < -0.39 is 5.97 Å². The second-order valence-electron chi connectivity index (χ2n) is 4.95. The second-order valence-corrected chi connectivity index (χ2v) is 4.95. The lowest BCUT2D eigenvalue weighted by molar-refractivity contribution is 0.0422. The van der Waals surface area contributed by atoms with Gasteiger partial charge in [0.1, 0.15) is 0 Å². The number of benzene rings is 1. The highest BCUT2D eigenvalue weighted by molar-refractivity contribution is 5.86. The van der Waals surface area contributed by atoms with Crippen LogP contribution in [-0.2, 0) is 11.3 Å². The van der Waals surface area contributed by atoms with E-state index in [4.69, 9.17) is 9.26 Å². The first-order valence-corrected chi connectivity index (χ1v) is 6.98. The Hall–Kier alpha value is -3.09. The molecule has 1 aromatic carbocycles. The number of aryl methyl sites for hydroxylation is 2. The molecule has 0 aliphatic rings. The molecule has 23 heavy (non-hydrogen) atoms. The number of carbonyl (C=O) groups excluding carboxylic acids is 1. The molecule has 0 bridgehead atoms. The van der Waals surface area contributed by atoms with Crippen molar-refractivity contribution in [2.24, 2.45) is 0 Å². The maximum absolute atomic E-state index is 11.8. The average molecular weight is 310 g/mol.